The molecule has 0 unspecified atom stereocenters. The third kappa shape index (κ3) is 4.96. The van der Waals surface area contributed by atoms with Gasteiger partial charge >= 0.3 is 6.03 Å². The number of amides is 4. The van der Waals surface area contributed by atoms with Crippen LogP contribution < -0.4 is 20.3 Å². The van der Waals surface area contributed by atoms with Crippen molar-refractivity contribution < 1.29 is 23.9 Å². The van der Waals surface area contributed by atoms with Crippen LogP contribution in [-0.4, -0.2) is 60.6 Å². The summed E-state index contributed by atoms with van der Waals surface area (Å²) in [6.07, 6.45) is 3.18. The van der Waals surface area contributed by atoms with Gasteiger partial charge in [0.25, 0.3) is 5.91 Å². The lowest BCUT2D eigenvalue weighted by Gasteiger charge is -2.33. The Balaban J connectivity index is 1.24. The van der Waals surface area contributed by atoms with E-state index in [2.05, 4.69) is 15.6 Å². The third-order valence-electron chi connectivity index (χ3n) is 6.90. The topological polar surface area (TPSA) is 113 Å². The number of hydrogen-bond donors (Lipinski definition) is 2. The first-order valence-corrected chi connectivity index (χ1v) is 13.8. The number of nitrogens with zero attached hydrogens (tertiary/aromatic N) is 3. The summed E-state index contributed by atoms with van der Waals surface area (Å²) in [5.41, 5.74) is 1.75. The van der Waals surface area contributed by atoms with E-state index < -0.39 is 0 Å². The lowest BCUT2D eigenvalue weighted by Crippen LogP contribution is -2.50. The summed E-state index contributed by atoms with van der Waals surface area (Å²) in [6, 6.07) is 17.9. The number of benzene rings is 2. The maximum Gasteiger partial charge on any atom is 0.331 e. The molecule has 2 N–H and O–H groups in total. The number of piperidine rings is 1. The fourth-order valence-electron chi connectivity index (χ4n) is 5.08. The van der Waals surface area contributed by atoms with Crippen LogP contribution in [0.3, 0.4) is 0 Å². The minimum absolute atomic E-state index is 0.0148. The molecule has 1 atom stereocenters. The molecule has 4 aromatic rings. The van der Waals surface area contributed by atoms with Gasteiger partial charge in [0.1, 0.15) is 27.8 Å². The SMILES string of the molecule is COCC(=O)N1CCC[C@@H](NC(=O)c2sc3nccc4c3c2NC(=O)N4c2ccc(Oc3ccccc3)cc2)C1. The molecule has 1 saturated heterocycles. The fourth-order valence-corrected chi connectivity index (χ4v) is 6.10. The lowest BCUT2D eigenvalue weighted by atomic mass is 10.1. The van der Waals surface area contributed by atoms with Gasteiger partial charge < -0.3 is 25.0 Å². The van der Waals surface area contributed by atoms with Crippen LogP contribution in [-0.2, 0) is 9.53 Å². The number of methoxy groups -OCH3 is 1. The summed E-state index contributed by atoms with van der Waals surface area (Å²) in [6.45, 7) is 1.07. The molecule has 2 aromatic carbocycles. The molecule has 11 heteroatoms. The molecule has 6 rings (SSSR count). The molecule has 0 saturated carbocycles. The first kappa shape index (κ1) is 25.8. The number of thiophene rings is 1. The van der Waals surface area contributed by atoms with Crippen LogP contribution in [0.2, 0.25) is 0 Å². The van der Waals surface area contributed by atoms with E-state index in [1.807, 2.05) is 42.5 Å². The van der Waals surface area contributed by atoms with E-state index in [-0.39, 0.29) is 30.5 Å². The number of aromatic nitrogens is 1. The zero-order valence-electron chi connectivity index (χ0n) is 21.8. The highest BCUT2D eigenvalue weighted by atomic mass is 32.1. The van der Waals surface area contributed by atoms with E-state index in [1.165, 1.54) is 18.4 Å². The second-order valence-electron chi connectivity index (χ2n) is 9.58. The summed E-state index contributed by atoms with van der Waals surface area (Å²) in [4.78, 5) is 47.9. The maximum absolute atomic E-state index is 13.4. The van der Waals surface area contributed by atoms with E-state index in [4.69, 9.17) is 9.47 Å². The highest BCUT2D eigenvalue weighted by Gasteiger charge is 2.34. The van der Waals surface area contributed by atoms with E-state index in [0.717, 1.165) is 18.6 Å². The van der Waals surface area contributed by atoms with Crippen molar-refractivity contribution in [1.82, 2.24) is 15.2 Å². The smallest absolute Gasteiger partial charge is 0.331 e. The zero-order chi connectivity index (χ0) is 27.6. The number of likely N-dealkylation sites (tertiary alicyclic amines) is 1. The van der Waals surface area contributed by atoms with Gasteiger partial charge in [-0.15, -0.1) is 11.3 Å². The Labute approximate surface area is 234 Å². The average molecular weight is 558 g/mol. The number of hydrogen-bond acceptors (Lipinski definition) is 7. The Kier molecular flexibility index (Phi) is 7.06. The highest BCUT2D eigenvalue weighted by Crippen LogP contribution is 2.45. The van der Waals surface area contributed by atoms with Crippen molar-refractivity contribution in [2.24, 2.45) is 0 Å². The minimum Gasteiger partial charge on any atom is -0.457 e. The minimum atomic E-state index is -0.377. The van der Waals surface area contributed by atoms with Crippen molar-refractivity contribution in [1.29, 1.82) is 0 Å². The summed E-state index contributed by atoms with van der Waals surface area (Å²) >= 11 is 1.23. The van der Waals surface area contributed by atoms with Crippen molar-refractivity contribution in [3.05, 3.63) is 71.7 Å². The number of carbonyl (C=O) groups excluding carboxylic acids is 3. The van der Waals surface area contributed by atoms with Crippen LogP contribution >= 0.6 is 11.3 Å². The average Bonchev–Trinajstić information content (AvgIpc) is 3.34. The number of nitrogens with one attached hydrogen (secondary N) is 2. The molecule has 0 aliphatic carbocycles. The van der Waals surface area contributed by atoms with Gasteiger partial charge in [0.05, 0.1) is 22.4 Å². The van der Waals surface area contributed by atoms with Crippen LogP contribution in [0.4, 0.5) is 21.9 Å². The van der Waals surface area contributed by atoms with Crippen LogP contribution in [0, 0.1) is 0 Å². The Bertz CT molecular complexity index is 1570. The monoisotopic (exact) mass is 557 g/mol. The number of ether oxygens (including phenoxy) is 2. The summed E-state index contributed by atoms with van der Waals surface area (Å²) in [5.74, 6) is 0.969. The molecule has 4 heterocycles. The van der Waals surface area contributed by atoms with Crippen LogP contribution in [0.15, 0.2) is 66.9 Å². The van der Waals surface area contributed by atoms with Crippen molar-refractivity contribution in [2.45, 2.75) is 18.9 Å². The third-order valence-corrected chi connectivity index (χ3v) is 8.00. The molecule has 40 heavy (non-hydrogen) atoms. The molecular formula is C29H27N5O5S. The van der Waals surface area contributed by atoms with Gasteiger partial charge in [-0.1, -0.05) is 18.2 Å². The summed E-state index contributed by atoms with van der Waals surface area (Å²) < 4.78 is 10.9. The second-order valence-corrected chi connectivity index (χ2v) is 10.6. The molecule has 2 aromatic heterocycles. The molecule has 1 fully saturated rings. The van der Waals surface area contributed by atoms with Crippen molar-refractivity contribution in [2.75, 3.05) is 37.0 Å². The van der Waals surface area contributed by atoms with E-state index in [9.17, 15) is 14.4 Å². The standard InChI is InChI=1S/C29H27N5O5S/c1-38-17-23(35)33-15-5-6-18(16-33)31-27(36)26-25-24-22(13-14-30-28(24)40-26)34(29(37)32-25)19-9-11-21(12-10-19)39-20-7-3-2-4-8-20/h2-4,7-14,18H,5-6,15-17H2,1H3,(H,31,36)(H,32,37)/t18-/m1/s1. The lowest BCUT2D eigenvalue weighted by molar-refractivity contribution is -0.136. The summed E-state index contributed by atoms with van der Waals surface area (Å²) in [7, 11) is 1.49. The first-order valence-electron chi connectivity index (χ1n) is 12.9. The Morgan fingerprint density at radius 3 is 2.65 bits per heavy atom. The predicted molar refractivity (Wildman–Crippen MR) is 153 cm³/mol. The van der Waals surface area contributed by atoms with Gasteiger partial charge in [0.15, 0.2) is 0 Å². The molecule has 0 spiro atoms. The Hall–Kier alpha value is -4.48. The number of para-hydroxylation sites is 1. The zero-order valence-corrected chi connectivity index (χ0v) is 22.6. The molecule has 10 nitrogen and oxygen atoms in total. The molecule has 204 valence electrons. The van der Waals surface area contributed by atoms with Crippen LogP contribution in [0.1, 0.15) is 22.5 Å². The highest BCUT2D eigenvalue weighted by molar-refractivity contribution is 7.21. The molecule has 2 aliphatic rings. The summed E-state index contributed by atoms with van der Waals surface area (Å²) in [5, 5.41) is 6.69. The largest absolute Gasteiger partial charge is 0.457 e. The van der Waals surface area contributed by atoms with Crippen LogP contribution in [0.5, 0.6) is 11.5 Å². The molecule has 2 aliphatic heterocycles. The quantitative estimate of drug-likeness (QED) is 0.325. The normalized spacial score (nSPS) is 16.5. The molecule has 0 radical (unpaired) electrons. The van der Waals surface area contributed by atoms with Gasteiger partial charge in [0.2, 0.25) is 5.91 Å². The fraction of sp³-hybridized carbons (Fsp3) is 0.241. The number of pyridine rings is 1. The number of rotatable bonds is 7. The first-order chi connectivity index (χ1) is 19.5. The van der Waals surface area contributed by atoms with Gasteiger partial charge in [-0.3, -0.25) is 14.5 Å². The van der Waals surface area contributed by atoms with Gasteiger partial charge in [-0.05, 0) is 55.3 Å². The van der Waals surface area contributed by atoms with Gasteiger partial charge in [0, 0.05) is 32.4 Å². The number of anilines is 3. The second kappa shape index (κ2) is 10.9. The van der Waals surface area contributed by atoms with Crippen molar-refractivity contribution >= 4 is 56.5 Å². The van der Waals surface area contributed by atoms with Crippen molar-refractivity contribution in [3.8, 4) is 11.5 Å². The van der Waals surface area contributed by atoms with Crippen molar-refractivity contribution in [3.63, 3.8) is 0 Å². The molecular weight excluding hydrogens is 530 g/mol. The maximum atomic E-state index is 13.4. The van der Waals surface area contributed by atoms with Gasteiger partial charge in [-0.25, -0.2) is 9.78 Å². The Morgan fingerprint density at radius 2 is 1.88 bits per heavy atom. The van der Waals surface area contributed by atoms with E-state index >= 15 is 0 Å². The Morgan fingerprint density at radius 1 is 1.10 bits per heavy atom. The molecule has 4 amide bonds. The van der Waals surface area contributed by atoms with Crippen LogP contribution in [0.25, 0.3) is 10.2 Å². The van der Waals surface area contributed by atoms with Gasteiger partial charge in [-0.2, -0.15) is 0 Å². The number of carbonyl (C=O) groups is 3. The van der Waals surface area contributed by atoms with E-state index in [0.29, 0.717) is 51.0 Å². The van der Waals surface area contributed by atoms with E-state index in [1.54, 1.807) is 34.2 Å². The number of urea groups is 1. The molecule has 0 bridgehead atoms. The predicted octanol–water partition coefficient (Wildman–Crippen LogP) is 5.14.